The van der Waals surface area contributed by atoms with E-state index in [-0.39, 0.29) is 5.91 Å². The number of amides is 1. The Balaban J connectivity index is 1.84. The van der Waals surface area contributed by atoms with Crippen LogP contribution in [0.1, 0.15) is 36.8 Å². The first-order chi connectivity index (χ1) is 9.15. The molecule has 0 radical (unpaired) electrons. The van der Waals surface area contributed by atoms with E-state index in [4.69, 9.17) is 0 Å². The molecular formula is C13H16N4OS. The molecule has 100 valence electrons. The van der Waals surface area contributed by atoms with E-state index in [2.05, 4.69) is 34.3 Å². The third-order valence-electron chi connectivity index (χ3n) is 2.57. The summed E-state index contributed by atoms with van der Waals surface area (Å²) in [5.41, 5.74) is 1.10. The summed E-state index contributed by atoms with van der Waals surface area (Å²) in [5, 5.41) is 12.3. The van der Waals surface area contributed by atoms with Gasteiger partial charge in [-0.2, -0.15) is 0 Å². The van der Waals surface area contributed by atoms with Crippen molar-refractivity contribution >= 4 is 22.4 Å². The zero-order chi connectivity index (χ0) is 13.7. The van der Waals surface area contributed by atoms with Crippen LogP contribution in [-0.4, -0.2) is 21.1 Å². The minimum Gasteiger partial charge on any atom is -0.301 e. The van der Waals surface area contributed by atoms with Crippen molar-refractivity contribution in [2.24, 2.45) is 0 Å². The monoisotopic (exact) mass is 276 g/mol. The van der Waals surface area contributed by atoms with Crippen molar-refractivity contribution in [3.05, 3.63) is 35.1 Å². The number of rotatable bonds is 5. The van der Waals surface area contributed by atoms with E-state index in [0.717, 1.165) is 10.6 Å². The molecule has 19 heavy (non-hydrogen) atoms. The van der Waals surface area contributed by atoms with Gasteiger partial charge in [0.15, 0.2) is 0 Å². The lowest BCUT2D eigenvalue weighted by atomic mass is 10.1. The molecule has 0 aliphatic rings. The van der Waals surface area contributed by atoms with Gasteiger partial charge in [-0.1, -0.05) is 25.2 Å². The molecule has 2 rings (SSSR count). The first-order valence-corrected chi connectivity index (χ1v) is 6.99. The Labute approximate surface area is 116 Å². The molecule has 0 atom stereocenters. The molecule has 1 amide bonds. The fourth-order valence-corrected chi connectivity index (χ4v) is 2.27. The second-order valence-corrected chi connectivity index (χ2v) is 5.51. The van der Waals surface area contributed by atoms with Gasteiger partial charge in [0.1, 0.15) is 5.01 Å². The number of hydrogen-bond acceptors (Lipinski definition) is 5. The number of anilines is 1. The smallest absolute Gasteiger partial charge is 0.226 e. The number of nitrogens with one attached hydrogen (secondary N) is 1. The number of hydrogen-bond donors (Lipinski definition) is 1. The van der Waals surface area contributed by atoms with E-state index in [1.165, 1.54) is 11.3 Å². The van der Waals surface area contributed by atoms with Crippen LogP contribution < -0.4 is 5.32 Å². The third-order valence-corrected chi connectivity index (χ3v) is 3.71. The van der Waals surface area contributed by atoms with Crippen LogP contribution >= 0.6 is 11.3 Å². The summed E-state index contributed by atoms with van der Waals surface area (Å²) in [6.45, 7) is 4.10. The highest BCUT2D eigenvalue weighted by atomic mass is 32.1. The number of carbonyl (C=O) groups is 1. The van der Waals surface area contributed by atoms with Gasteiger partial charge >= 0.3 is 0 Å². The first kappa shape index (κ1) is 13.6. The van der Waals surface area contributed by atoms with Gasteiger partial charge in [-0.3, -0.25) is 9.78 Å². The molecule has 0 aliphatic heterocycles. The van der Waals surface area contributed by atoms with Gasteiger partial charge in [-0.05, 0) is 24.1 Å². The Morgan fingerprint density at radius 1 is 1.32 bits per heavy atom. The summed E-state index contributed by atoms with van der Waals surface area (Å²) >= 11 is 1.43. The number of nitrogens with zero attached hydrogens (tertiary/aromatic N) is 3. The van der Waals surface area contributed by atoms with Gasteiger partial charge in [-0.25, -0.2) is 0 Å². The lowest BCUT2D eigenvalue weighted by Gasteiger charge is -2.01. The Kier molecular flexibility index (Phi) is 4.57. The molecular weight excluding hydrogens is 260 g/mol. The predicted molar refractivity (Wildman–Crippen MR) is 75.2 cm³/mol. The van der Waals surface area contributed by atoms with Crippen molar-refractivity contribution in [1.29, 1.82) is 0 Å². The standard InChI is InChI=1S/C13H16N4OS/c1-9(2)12-16-17-13(19-12)15-11(18)4-3-10-5-7-14-8-6-10/h5-9H,3-4H2,1-2H3,(H,15,17,18). The van der Waals surface area contributed by atoms with Gasteiger partial charge in [-0.15, -0.1) is 10.2 Å². The Bertz CT molecular complexity index is 539. The van der Waals surface area contributed by atoms with Crippen LogP contribution in [0.15, 0.2) is 24.5 Å². The Morgan fingerprint density at radius 2 is 2.05 bits per heavy atom. The molecule has 0 aromatic carbocycles. The fourth-order valence-electron chi connectivity index (χ4n) is 1.51. The number of aryl methyl sites for hydroxylation is 1. The average Bonchev–Trinajstić information content (AvgIpc) is 2.86. The Hall–Kier alpha value is -1.82. The molecule has 0 unspecified atom stereocenters. The van der Waals surface area contributed by atoms with E-state index in [0.29, 0.717) is 23.9 Å². The SMILES string of the molecule is CC(C)c1nnc(NC(=O)CCc2ccncc2)s1. The zero-order valence-corrected chi connectivity index (χ0v) is 11.8. The van der Waals surface area contributed by atoms with E-state index in [1.54, 1.807) is 12.4 Å². The highest BCUT2D eigenvalue weighted by molar-refractivity contribution is 7.15. The molecule has 0 spiro atoms. The highest BCUT2D eigenvalue weighted by Gasteiger charge is 2.10. The maximum atomic E-state index is 11.8. The number of pyridine rings is 1. The first-order valence-electron chi connectivity index (χ1n) is 6.17. The van der Waals surface area contributed by atoms with Crippen molar-refractivity contribution in [2.75, 3.05) is 5.32 Å². The summed E-state index contributed by atoms with van der Waals surface area (Å²) in [7, 11) is 0. The van der Waals surface area contributed by atoms with Crippen molar-refractivity contribution in [3.8, 4) is 0 Å². The second kappa shape index (κ2) is 6.38. The van der Waals surface area contributed by atoms with Gasteiger partial charge in [0.05, 0.1) is 0 Å². The predicted octanol–water partition coefficient (Wildman–Crippen LogP) is 2.63. The quantitative estimate of drug-likeness (QED) is 0.911. The molecule has 0 saturated heterocycles. The minimum atomic E-state index is -0.0386. The Morgan fingerprint density at radius 3 is 2.68 bits per heavy atom. The van der Waals surface area contributed by atoms with Crippen LogP contribution in [0, 0.1) is 0 Å². The van der Waals surface area contributed by atoms with Gasteiger partial charge in [0, 0.05) is 24.7 Å². The van der Waals surface area contributed by atoms with E-state index in [9.17, 15) is 4.79 Å². The molecule has 0 fully saturated rings. The van der Waals surface area contributed by atoms with Gasteiger partial charge in [0.25, 0.3) is 0 Å². The van der Waals surface area contributed by atoms with Crippen LogP contribution in [0.2, 0.25) is 0 Å². The summed E-state index contributed by atoms with van der Waals surface area (Å²) in [4.78, 5) is 15.7. The topological polar surface area (TPSA) is 67.8 Å². The zero-order valence-electron chi connectivity index (χ0n) is 11.0. The van der Waals surface area contributed by atoms with Gasteiger partial charge < -0.3 is 5.32 Å². The number of aromatic nitrogens is 3. The summed E-state index contributed by atoms with van der Waals surface area (Å²) in [6.07, 6.45) is 4.59. The lowest BCUT2D eigenvalue weighted by molar-refractivity contribution is -0.116. The van der Waals surface area contributed by atoms with Crippen LogP contribution in [0.3, 0.4) is 0 Å². The van der Waals surface area contributed by atoms with E-state index < -0.39 is 0 Å². The molecule has 2 aromatic heterocycles. The van der Waals surface area contributed by atoms with Crippen molar-refractivity contribution in [2.45, 2.75) is 32.6 Å². The molecule has 6 heteroatoms. The van der Waals surface area contributed by atoms with Crippen LogP contribution in [0.4, 0.5) is 5.13 Å². The van der Waals surface area contributed by atoms with Gasteiger partial charge in [0.2, 0.25) is 11.0 Å². The lowest BCUT2D eigenvalue weighted by Crippen LogP contribution is -2.12. The van der Waals surface area contributed by atoms with Crippen molar-refractivity contribution in [3.63, 3.8) is 0 Å². The summed E-state index contributed by atoms with van der Waals surface area (Å²) in [6, 6.07) is 3.82. The van der Waals surface area contributed by atoms with Crippen LogP contribution in [0.25, 0.3) is 0 Å². The molecule has 2 heterocycles. The summed E-state index contributed by atoms with van der Waals surface area (Å²) < 4.78 is 0. The molecule has 2 aromatic rings. The average molecular weight is 276 g/mol. The minimum absolute atomic E-state index is 0.0386. The van der Waals surface area contributed by atoms with Crippen LogP contribution in [0.5, 0.6) is 0 Å². The van der Waals surface area contributed by atoms with Crippen LogP contribution in [-0.2, 0) is 11.2 Å². The van der Waals surface area contributed by atoms with E-state index >= 15 is 0 Å². The third kappa shape index (κ3) is 4.10. The fraction of sp³-hybridized carbons (Fsp3) is 0.385. The maximum absolute atomic E-state index is 11.8. The van der Waals surface area contributed by atoms with E-state index in [1.807, 2.05) is 12.1 Å². The van der Waals surface area contributed by atoms with Crippen molar-refractivity contribution < 1.29 is 4.79 Å². The largest absolute Gasteiger partial charge is 0.301 e. The summed E-state index contributed by atoms with van der Waals surface area (Å²) in [5.74, 6) is 0.295. The maximum Gasteiger partial charge on any atom is 0.226 e. The molecule has 0 bridgehead atoms. The molecule has 0 aliphatic carbocycles. The molecule has 1 N–H and O–H groups in total. The van der Waals surface area contributed by atoms with Crippen molar-refractivity contribution in [1.82, 2.24) is 15.2 Å². The second-order valence-electron chi connectivity index (χ2n) is 4.50. The normalized spacial score (nSPS) is 10.7. The highest BCUT2D eigenvalue weighted by Crippen LogP contribution is 2.22. The molecule has 5 nitrogen and oxygen atoms in total. The molecule has 0 saturated carbocycles. The number of carbonyl (C=O) groups excluding carboxylic acids is 1.